The number of carbonyl (C=O) groups is 1. The van der Waals surface area contributed by atoms with Crippen molar-refractivity contribution in [2.75, 3.05) is 32.7 Å². The van der Waals surface area contributed by atoms with Crippen molar-refractivity contribution in [3.05, 3.63) is 24.3 Å². The lowest BCUT2D eigenvalue weighted by atomic mass is 10.0. The van der Waals surface area contributed by atoms with Gasteiger partial charge in [-0.05, 0) is 25.0 Å². The van der Waals surface area contributed by atoms with Crippen molar-refractivity contribution >= 4 is 16.9 Å². The molecule has 0 saturated carbocycles. The van der Waals surface area contributed by atoms with Gasteiger partial charge in [0.25, 0.3) is 5.91 Å². The van der Waals surface area contributed by atoms with Gasteiger partial charge in [-0.2, -0.15) is 0 Å². The lowest BCUT2D eigenvalue weighted by Gasteiger charge is -2.30. The van der Waals surface area contributed by atoms with Gasteiger partial charge in [0.05, 0.1) is 24.6 Å². The number of carbonyl (C=O) groups excluding carboxylic acids is 1. The zero-order chi connectivity index (χ0) is 15.6. The third kappa shape index (κ3) is 2.95. The van der Waals surface area contributed by atoms with Gasteiger partial charge in [-0.25, -0.2) is 4.68 Å². The van der Waals surface area contributed by atoms with Crippen molar-refractivity contribution in [1.29, 1.82) is 0 Å². The van der Waals surface area contributed by atoms with Crippen LogP contribution in [-0.4, -0.2) is 58.5 Å². The van der Waals surface area contributed by atoms with Crippen LogP contribution in [0.5, 0.6) is 0 Å². The van der Waals surface area contributed by atoms with Gasteiger partial charge in [0.2, 0.25) is 0 Å². The Bertz CT molecular complexity index is 683. The van der Waals surface area contributed by atoms with E-state index in [1.807, 2.05) is 23.1 Å². The van der Waals surface area contributed by atoms with E-state index in [-0.39, 0.29) is 0 Å². The summed E-state index contributed by atoms with van der Waals surface area (Å²) in [4.78, 5) is 15.7. The van der Waals surface area contributed by atoms with Crippen molar-refractivity contribution in [2.45, 2.75) is 31.7 Å². The Morgan fingerprint density at radius 3 is 2.70 bits per heavy atom. The summed E-state index contributed by atoms with van der Waals surface area (Å²) in [6, 6.07) is 8.54. The van der Waals surface area contributed by atoms with E-state index in [9.17, 15) is 4.79 Å². The fourth-order valence-electron chi connectivity index (χ4n) is 3.88. The number of hydrogen-bond acceptors (Lipinski definition) is 3. The molecule has 1 aromatic carbocycles. The molecule has 0 bridgehead atoms. The van der Waals surface area contributed by atoms with E-state index in [2.05, 4.69) is 21.1 Å². The Morgan fingerprint density at radius 2 is 1.91 bits per heavy atom. The second-order valence-corrected chi connectivity index (χ2v) is 6.77. The number of fused-ring (bicyclic) bond motifs is 1. The average Bonchev–Trinajstić information content (AvgIpc) is 3.25. The SMILES string of the molecule is O=C(C[NH+]1CCC(n2nnc3ccccc32)CC1)N1CCCC1. The first-order chi connectivity index (χ1) is 11.3. The summed E-state index contributed by atoms with van der Waals surface area (Å²) < 4.78 is 2.08. The number of hydrogen-bond donors (Lipinski definition) is 1. The molecule has 2 fully saturated rings. The summed E-state index contributed by atoms with van der Waals surface area (Å²) in [5.74, 6) is 0.335. The van der Waals surface area contributed by atoms with Gasteiger partial charge in [0, 0.05) is 25.9 Å². The van der Waals surface area contributed by atoms with Gasteiger partial charge in [0.15, 0.2) is 6.54 Å². The topological polar surface area (TPSA) is 55.5 Å². The molecule has 0 unspecified atom stereocenters. The smallest absolute Gasteiger partial charge is 0.277 e. The molecular weight excluding hydrogens is 290 g/mol. The van der Waals surface area contributed by atoms with Crippen LogP contribution >= 0.6 is 0 Å². The van der Waals surface area contributed by atoms with Crippen molar-refractivity contribution < 1.29 is 9.69 Å². The first-order valence-corrected chi connectivity index (χ1v) is 8.72. The summed E-state index contributed by atoms with van der Waals surface area (Å²) in [5, 5.41) is 8.61. The van der Waals surface area contributed by atoms with Crippen molar-refractivity contribution in [3.63, 3.8) is 0 Å². The predicted molar refractivity (Wildman–Crippen MR) is 87.2 cm³/mol. The average molecular weight is 314 g/mol. The van der Waals surface area contributed by atoms with Crippen molar-refractivity contribution in [3.8, 4) is 0 Å². The normalized spacial score (nSPS) is 25.1. The van der Waals surface area contributed by atoms with Gasteiger partial charge >= 0.3 is 0 Å². The van der Waals surface area contributed by atoms with Crippen LogP contribution in [0.25, 0.3) is 11.0 Å². The number of rotatable bonds is 3. The molecule has 2 aliphatic rings. The fraction of sp³-hybridized carbons (Fsp3) is 0.588. The minimum atomic E-state index is 0.335. The predicted octanol–water partition coefficient (Wildman–Crippen LogP) is 0.274. The largest absolute Gasteiger partial charge is 0.338 e. The van der Waals surface area contributed by atoms with Crippen LogP contribution in [0.1, 0.15) is 31.7 Å². The molecule has 122 valence electrons. The van der Waals surface area contributed by atoms with E-state index in [0.29, 0.717) is 18.5 Å². The molecule has 23 heavy (non-hydrogen) atoms. The van der Waals surface area contributed by atoms with Gasteiger partial charge in [-0.15, -0.1) is 5.10 Å². The molecule has 0 aliphatic carbocycles. The van der Waals surface area contributed by atoms with E-state index in [0.717, 1.165) is 50.1 Å². The number of aromatic nitrogens is 3. The van der Waals surface area contributed by atoms with Gasteiger partial charge in [-0.3, -0.25) is 4.79 Å². The van der Waals surface area contributed by atoms with E-state index < -0.39 is 0 Å². The maximum absolute atomic E-state index is 12.3. The molecule has 2 aromatic rings. The molecule has 1 amide bonds. The third-order valence-corrected chi connectivity index (χ3v) is 5.25. The first kappa shape index (κ1) is 14.6. The second-order valence-electron chi connectivity index (χ2n) is 6.77. The Hall–Kier alpha value is -1.95. The van der Waals surface area contributed by atoms with Crippen molar-refractivity contribution in [1.82, 2.24) is 19.9 Å². The number of likely N-dealkylation sites (tertiary alicyclic amines) is 2. The molecule has 3 heterocycles. The highest BCUT2D eigenvalue weighted by Gasteiger charge is 2.28. The molecule has 2 aliphatic heterocycles. The zero-order valence-corrected chi connectivity index (χ0v) is 13.4. The quantitative estimate of drug-likeness (QED) is 0.885. The lowest BCUT2D eigenvalue weighted by molar-refractivity contribution is -0.898. The summed E-state index contributed by atoms with van der Waals surface area (Å²) in [6.45, 7) is 4.65. The maximum Gasteiger partial charge on any atom is 0.277 e. The minimum Gasteiger partial charge on any atom is -0.338 e. The van der Waals surface area contributed by atoms with Crippen LogP contribution in [0.3, 0.4) is 0 Å². The summed E-state index contributed by atoms with van der Waals surface area (Å²) in [6.07, 6.45) is 4.47. The van der Waals surface area contributed by atoms with Crippen LogP contribution in [0.4, 0.5) is 0 Å². The molecule has 6 nitrogen and oxygen atoms in total. The number of quaternary nitrogens is 1. The molecule has 0 radical (unpaired) electrons. The van der Waals surface area contributed by atoms with Crippen molar-refractivity contribution in [2.24, 2.45) is 0 Å². The Labute approximate surface area is 136 Å². The maximum atomic E-state index is 12.3. The van der Waals surface area contributed by atoms with E-state index >= 15 is 0 Å². The molecule has 0 spiro atoms. The molecule has 2 saturated heterocycles. The highest BCUT2D eigenvalue weighted by Crippen LogP contribution is 2.21. The van der Waals surface area contributed by atoms with E-state index in [1.165, 1.54) is 17.7 Å². The Balaban J connectivity index is 1.36. The molecule has 6 heteroatoms. The van der Waals surface area contributed by atoms with Crippen LogP contribution in [0.2, 0.25) is 0 Å². The summed E-state index contributed by atoms with van der Waals surface area (Å²) in [7, 11) is 0. The van der Waals surface area contributed by atoms with Crippen LogP contribution < -0.4 is 4.90 Å². The minimum absolute atomic E-state index is 0.335. The number of nitrogens with one attached hydrogen (secondary N) is 1. The standard InChI is InChI=1S/C17H23N5O/c23-17(21-9-3-4-10-21)13-20-11-7-14(8-12-20)22-16-6-2-1-5-15(16)18-19-22/h1-2,5-6,14H,3-4,7-13H2/p+1. The number of amides is 1. The number of piperidine rings is 1. The molecule has 0 atom stereocenters. The summed E-state index contributed by atoms with van der Waals surface area (Å²) >= 11 is 0. The van der Waals surface area contributed by atoms with E-state index in [1.54, 1.807) is 0 Å². The monoisotopic (exact) mass is 314 g/mol. The van der Waals surface area contributed by atoms with Gasteiger partial charge < -0.3 is 9.80 Å². The fourth-order valence-corrected chi connectivity index (χ4v) is 3.88. The molecule has 1 N–H and O–H groups in total. The second kappa shape index (κ2) is 6.28. The molecular formula is C17H24N5O+. The molecule has 4 rings (SSSR count). The highest BCUT2D eigenvalue weighted by molar-refractivity contribution is 5.77. The van der Waals surface area contributed by atoms with E-state index in [4.69, 9.17) is 0 Å². The van der Waals surface area contributed by atoms with Gasteiger partial charge in [-0.1, -0.05) is 17.3 Å². The number of nitrogens with zero attached hydrogens (tertiary/aromatic N) is 4. The number of benzene rings is 1. The first-order valence-electron chi connectivity index (χ1n) is 8.72. The molecule has 1 aromatic heterocycles. The van der Waals surface area contributed by atoms with Gasteiger partial charge in [0.1, 0.15) is 5.52 Å². The van der Waals surface area contributed by atoms with Crippen LogP contribution in [-0.2, 0) is 4.79 Å². The van der Waals surface area contributed by atoms with Crippen LogP contribution in [0.15, 0.2) is 24.3 Å². The Kier molecular flexibility index (Phi) is 3.99. The Morgan fingerprint density at radius 1 is 1.17 bits per heavy atom. The van der Waals surface area contributed by atoms with Crippen LogP contribution in [0, 0.1) is 0 Å². The zero-order valence-electron chi connectivity index (χ0n) is 13.4. The lowest BCUT2D eigenvalue weighted by Crippen LogP contribution is -3.14. The number of para-hydroxylation sites is 1. The third-order valence-electron chi connectivity index (χ3n) is 5.25. The summed E-state index contributed by atoms with van der Waals surface area (Å²) in [5.41, 5.74) is 2.08. The highest BCUT2D eigenvalue weighted by atomic mass is 16.2.